The molecule has 0 aliphatic rings. The summed E-state index contributed by atoms with van der Waals surface area (Å²) in [7, 11) is 0. The molecule has 4 nitrogen and oxygen atoms in total. The highest BCUT2D eigenvalue weighted by atomic mass is 35.5. The summed E-state index contributed by atoms with van der Waals surface area (Å²) in [5.74, 6) is -0.134. The smallest absolute Gasteiger partial charge is 0.237 e. The fourth-order valence-corrected chi connectivity index (χ4v) is 1.97. The standard InChI is InChI=1S/C16H19N3O.ClH/c1-12-10-18-8-7-14(12)11-19-16(20)15(17)9-13-5-3-2-4-6-13;/h2-8,10,15H,9,11,17H2,1H3,(H,19,20);1H. The minimum atomic E-state index is -0.528. The summed E-state index contributed by atoms with van der Waals surface area (Å²) in [5, 5.41) is 2.87. The lowest BCUT2D eigenvalue weighted by Gasteiger charge is -2.13. The number of pyridine rings is 1. The third kappa shape index (κ3) is 5.17. The summed E-state index contributed by atoms with van der Waals surface area (Å²) >= 11 is 0. The maximum absolute atomic E-state index is 12.0. The molecule has 1 unspecified atom stereocenters. The van der Waals surface area contributed by atoms with Crippen LogP contribution in [0.5, 0.6) is 0 Å². The van der Waals surface area contributed by atoms with Gasteiger partial charge in [-0.3, -0.25) is 9.78 Å². The first-order valence-electron chi connectivity index (χ1n) is 6.63. The molecule has 1 aromatic heterocycles. The number of hydrogen-bond acceptors (Lipinski definition) is 3. The molecule has 1 aromatic carbocycles. The highest BCUT2D eigenvalue weighted by molar-refractivity contribution is 5.85. The van der Waals surface area contributed by atoms with Crippen molar-refractivity contribution in [3.8, 4) is 0 Å². The van der Waals surface area contributed by atoms with Crippen LogP contribution in [0.3, 0.4) is 0 Å². The lowest BCUT2D eigenvalue weighted by atomic mass is 10.1. The van der Waals surface area contributed by atoms with Crippen LogP contribution in [0.15, 0.2) is 48.8 Å². The number of nitrogens with two attached hydrogens (primary N) is 1. The molecule has 0 saturated carbocycles. The minimum Gasteiger partial charge on any atom is -0.351 e. The molecule has 0 fully saturated rings. The Hall–Kier alpha value is -1.91. The van der Waals surface area contributed by atoms with Gasteiger partial charge in [-0.1, -0.05) is 30.3 Å². The quantitative estimate of drug-likeness (QED) is 0.888. The largest absolute Gasteiger partial charge is 0.351 e. The second-order valence-electron chi connectivity index (χ2n) is 4.82. The molecule has 21 heavy (non-hydrogen) atoms. The summed E-state index contributed by atoms with van der Waals surface area (Å²) in [6.07, 6.45) is 4.05. The highest BCUT2D eigenvalue weighted by Crippen LogP contribution is 2.05. The van der Waals surface area contributed by atoms with Crippen LogP contribution in [0.4, 0.5) is 0 Å². The van der Waals surface area contributed by atoms with Crippen molar-refractivity contribution in [2.45, 2.75) is 25.9 Å². The lowest BCUT2D eigenvalue weighted by molar-refractivity contribution is -0.122. The van der Waals surface area contributed by atoms with Gasteiger partial charge in [0.15, 0.2) is 0 Å². The van der Waals surface area contributed by atoms with E-state index >= 15 is 0 Å². The van der Waals surface area contributed by atoms with Crippen LogP contribution >= 0.6 is 12.4 Å². The second-order valence-corrected chi connectivity index (χ2v) is 4.82. The van der Waals surface area contributed by atoms with Crippen molar-refractivity contribution in [2.75, 3.05) is 0 Å². The maximum Gasteiger partial charge on any atom is 0.237 e. The Labute approximate surface area is 131 Å². The number of carbonyl (C=O) groups excluding carboxylic acids is 1. The van der Waals surface area contributed by atoms with E-state index in [4.69, 9.17) is 5.73 Å². The van der Waals surface area contributed by atoms with Gasteiger partial charge in [-0.25, -0.2) is 0 Å². The predicted molar refractivity (Wildman–Crippen MR) is 86.2 cm³/mol. The number of aromatic nitrogens is 1. The van der Waals surface area contributed by atoms with Gasteiger partial charge in [0, 0.05) is 18.9 Å². The molecule has 3 N–H and O–H groups in total. The van der Waals surface area contributed by atoms with Gasteiger partial charge < -0.3 is 11.1 Å². The number of hydrogen-bond donors (Lipinski definition) is 2. The Balaban J connectivity index is 0.00000220. The van der Waals surface area contributed by atoms with E-state index in [9.17, 15) is 4.79 Å². The molecular weight excluding hydrogens is 286 g/mol. The van der Waals surface area contributed by atoms with Crippen LogP contribution in [0, 0.1) is 6.92 Å². The van der Waals surface area contributed by atoms with Crippen molar-refractivity contribution in [1.29, 1.82) is 0 Å². The number of benzene rings is 1. The molecule has 0 aliphatic carbocycles. The number of nitrogens with one attached hydrogen (secondary N) is 1. The summed E-state index contributed by atoms with van der Waals surface area (Å²) < 4.78 is 0. The van der Waals surface area contributed by atoms with E-state index in [1.807, 2.05) is 43.3 Å². The predicted octanol–water partition coefficient (Wildman–Crippen LogP) is 2.00. The van der Waals surface area contributed by atoms with Gasteiger partial charge in [0.1, 0.15) is 0 Å². The zero-order valence-corrected chi connectivity index (χ0v) is 12.8. The summed E-state index contributed by atoms with van der Waals surface area (Å²) in [5.41, 5.74) is 9.11. The van der Waals surface area contributed by atoms with Crippen molar-refractivity contribution >= 4 is 18.3 Å². The zero-order chi connectivity index (χ0) is 14.4. The third-order valence-corrected chi connectivity index (χ3v) is 3.22. The molecule has 1 atom stereocenters. The first-order chi connectivity index (χ1) is 9.66. The van der Waals surface area contributed by atoms with Crippen LogP contribution in [0.2, 0.25) is 0 Å². The SMILES string of the molecule is Cc1cnccc1CNC(=O)C(N)Cc1ccccc1.Cl. The molecule has 1 amide bonds. The lowest BCUT2D eigenvalue weighted by Crippen LogP contribution is -2.41. The topological polar surface area (TPSA) is 68.0 Å². The number of carbonyl (C=O) groups is 1. The molecule has 0 aliphatic heterocycles. The first kappa shape index (κ1) is 17.1. The van der Waals surface area contributed by atoms with E-state index in [0.717, 1.165) is 16.7 Å². The number of amides is 1. The number of rotatable bonds is 5. The Morgan fingerprint density at radius 3 is 2.67 bits per heavy atom. The number of aryl methyl sites for hydroxylation is 1. The van der Waals surface area contributed by atoms with Crippen molar-refractivity contribution in [1.82, 2.24) is 10.3 Å². The van der Waals surface area contributed by atoms with E-state index < -0.39 is 6.04 Å². The van der Waals surface area contributed by atoms with Crippen LogP contribution in [0.1, 0.15) is 16.7 Å². The molecular formula is C16H20ClN3O. The second kappa shape index (κ2) is 8.39. The highest BCUT2D eigenvalue weighted by Gasteiger charge is 2.13. The van der Waals surface area contributed by atoms with Gasteiger partial charge in [0.05, 0.1) is 6.04 Å². The third-order valence-electron chi connectivity index (χ3n) is 3.22. The van der Waals surface area contributed by atoms with Gasteiger partial charge in [0.2, 0.25) is 5.91 Å². The van der Waals surface area contributed by atoms with E-state index in [1.165, 1.54) is 0 Å². The molecule has 0 radical (unpaired) electrons. The molecule has 1 heterocycles. The van der Waals surface area contributed by atoms with Crippen LogP contribution in [0.25, 0.3) is 0 Å². The first-order valence-corrected chi connectivity index (χ1v) is 6.63. The monoisotopic (exact) mass is 305 g/mol. The molecule has 0 spiro atoms. The fourth-order valence-electron chi connectivity index (χ4n) is 1.97. The average molecular weight is 306 g/mol. The summed E-state index contributed by atoms with van der Waals surface area (Å²) in [6, 6.07) is 11.2. The molecule has 2 aromatic rings. The van der Waals surface area contributed by atoms with E-state index in [2.05, 4.69) is 10.3 Å². The van der Waals surface area contributed by atoms with E-state index in [1.54, 1.807) is 12.4 Å². The van der Waals surface area contributed by atoms with E-state index in [-0.39, 0.29) is 18.3 Å². The molecule has 5 heteroatoms. The van der Waals surface area contributed by atoms with Crippen molar-refractivity contribution in [3.05, 3.63) is 65.5 Å². The van der Waals surface area contributed by atoms with Crippen molar-refractivity contribution in [2.24, 2.45) is 5.73 Å². The van der Waals surface area contributed by atoms with E-state index in [0.29, 0.717) is 13.0 Å². The minimum absolute atomic E-state index is 0. The summed E-state index contributed by atoms with van der Waals surface area (Å²) in [4.78, 5) is 16.0. The average Bonchev–Trinajstić information content (AvgIpc) is 2.47. The molecule has 0 bridgehead atoms. The van der Waals surface area contributed by atoms with Crippen molar-refractivity contribution in [3.63, 3.8) is 0 Å². The Bertz CT molecular complexity index is 575. The van der Waals surface area contributed by atoms with Crippen LogP contribution < -0.4 is 11.1 Å². The Morgan fingerprint density at radius 1 is 1.29 bits per heavy atom. The molecule has 2 rings (SSSR count). The molecule has 0 saturated heterocycles. The van der Waals surface area contributed by atoms with Gasteiger partial charge in [0.25, 0.3) is 0 Å². The number of halogens is 1. The van der Waals surface area contributed by atoms with Crippen molar-refractivity contribution < 1.29 is 4.79 Å². The van der Waals surface area contributed by atoms with Gasteiger partial charge in [-0.15, -0.1) is 12.4 Å². The van der Waals surface area contributed by atoms with Gasteiger partial charge in [-0.05, 0) is 36.1 Å². The van der Waals surface area contributed by atoms with Crippen LogP contribution in [-0.2, 0) is 17.8 Å². The fraction of sp³-hybridized carbons (Fsp3) is 0.250. The van der Waals surface area contributed by atoms with Gasteiger partial charge in [-0.2, -0.15) is 0 Å². The Morgan fingerprint density at radius 2 is 2.00 bits per heavy atom. The molecule has 112 valence electrons. The van der Waals surface area contributed by atoms with Gasteiger partial charge >= 0.3 is 0 Å². The maximum atomic E-state index is 12.0. The normalized spacial score (nSPS) is 11.3. The Kier molecular flexibility index (Phi) is 6.85. The zero-order valence-electron chi connectivity index (χ0n) is 12.0. The number of nitrogens with zero attached hydrogens (tertiary/aromatic N) is 1. The summed E-state index contributed by atoms with van der Waals surface area (Å²) in [6.45, 7) is 2.45. The van der Waals surface area contributed by atoms with Crippen LogP contribution in [-0.4, -0.2) is 16.9 Å².